The van der Waals surface area contributed by atoms with Crippen LogP contribution in [-0.4, -0.2) is 39.6 Å². The molecule has 0 aliphatic carbocycles. The van der Waals surface area contributed by atoms with Crippen LogP contribution in [0.2, 0.25) is 17.6 Å². The fourth-order valence-electron chi connectivity index (χ4n) is 4.78. The molecule has 2 aromatic heterocycles. The van der Waals surface area contributed by atoms with E-state index in [2.05, 4.69) is 84.0 Å². The zero-order valence-electron chi connectivity index (χ0n) is 24.8. The summed E-state index contributed by atoms with van der Waals surface area (Å²) < 4.78 is 13.3. The van der Waals surface area contributed by atoms with Crippen LogP contribution in [-0.2, 0) is 4.43 Å². The van der Waals surface area contributed by atoms with Crippen molar-refractivity contribution in [2.24, 2.45) is 20.5 Å². The van der Waals surface area contributed by atoms with Crippen molar-refractivity contribution in [2.45, 2.75) is 59.2 Å². The molecule has 0 fully saturated rings. The van der Waals surface area contributed by atoms with Crippen LogP contribution in [0, 0.1) is 0 Å². The van der Waals surface area contributed by atoms with Crippen molar-refractivity contribution < 1.29 is 9.16 Å². The molecule has 0 saturated carbocycles. The van der Waals surface area contributed by atoms with Crippen molar-refractivity contribution in [3.05, 3.63) is 54.6 Å². The standard InChI is InChI=1S/C30H40N6O2S2Si/c1-7-36(8-2)25-15-11-23(12-16-25)33-35-30-31-29-27(39-30)21-28(40-29)34-32-24-13-17-26(18-14-24)37-19-20-38-41(9-3,10-4)22(5)6/h11-18,21-22H,7-10,19-20H2,1-6H3. The first kappa shape index (κ1) is 31.0. The summed E-state index contributed by atoms with van der Waals surface area (Å²) in [6.07, 6.45) is 0. The van der Waals surface area contributed by atoms with Gasteiger partial charge < -0.3 is 14.1 Å². The van der Waals surface area contributed by atoms with Gasteiger partial charge in [0.15, 0.2) is 8.32 Å². The minimum Gasteiger partial charge on any atom is -0.491 e. The van der Waals surface area contributed by atoms with E-state index in [-0.39, 0.29) is 0 Å². The number of benzene rings is 2. The van der Waals surface area contributed by atoms with Crippen molar-refractivity contribution in [3.63, 3.8) is 0 Å². The van der Waals surface area contributed by atoms with Gasteiger partial charge in [0.2, 0.25) is 5.13 Å². The van der Waals surface area contributed by atoms with E-state index in [4.69, 9.17) is 9.16 Å². The highest BCUT2D eigenvalue weighted by Gasteiger charge is 2.34. The maximum absolute atomic E-state index is 6.36. The van der Waals surface area contributed by atoms with Gasteiger partial charge in [0.05, 0.1) is 22.7 Å². The van der Waals surface area contributed by atoms with Gasteiger partial charge in [-0.25, -0.2) is 4.98 Å². The summed E-state index contributed by atoms with van der Waals surface area (Å²) in [4.78, 5) is 7.78. The van der Waals surface area contributed by atoms with Crippen LogP contribution < -0.4 is 9.64 Å². The third kappa shape index (κ3) is 8.06. The second-order valence-electron chi connectivity index (χ2n) is 9.96. The average Bonchev–Trinajstić information content (AvgIpc) is 3.56. The van der Waals surface area contributed by atoms with Gasteiger partial charge in [0.25, 0.3) is 0 Å². The molecular weight excluding hydrogens is 569 g/mol. The summed E-state index contributed by atoms with van der Waals surface area (Å²) in [5.41, 5.74) is 3.37. The number of hydrogen-bond acceptors (Lipinski definition) is 10. The SMILES string of the molecule is CCN(CC)c1ccc(N=Nc2nc3sc(N=Nc4ccc(OCCO[Si](CC)(CC)C(C)C)cc4)cc3s2)cc1. The lowest BCUT2D eigenvalue weighted by Crippen LogP contribution is -2.41. The molecule has 0 N–H and O–H groups in total. The molecule has 0 aliphatic rings. The van der Waals surface area contributed by atoms with Crippen molar-refractivity contribution in [3.8, 4) is 5.75 Å². The number of aromatic nitrogens is 1. The maximum Gasteiger partial charge on any atom is 0.231 e. The van der Waals surface area contributed by atoms with E-state index in [1.165, 1.54) is 28.4 Å². The zero-order chi connectivity index (χ0) is 29.2. The third-order valence-corrected chi connectivity index (χ3v) is 14.6. The Kier molecular flexibility index (Phi) is 11.1. The summed E-state index contributed by atoms with van der Waals surface area (Å²) in [5, 5.41) is 18.9. The van der Waals surface area contributed by atoms with Crippen LogP contribution in [0.25, 0.3) is 9.53 Å². The van der Waals surface area contributed by atoms with E-state index in [0.29, 0.717) is 23.9 Å². The van der Waals surface area contributed by atoms with Crippen molar-refractivity contribution >= 4 is 67.7 Å². The smallest absolute Gasteiger partial charge is 0.231 e. The van der Waals surface area contributed by atoms with Crippen LogP contribution in [0.4, 0.5) is 27.2 Å². The van der Waals surface area contributed by atoms with Crippen molar-refractivity contribution in [1.82, 2.24) is 4.98 Å². The van der Waals surface area contributed by atoms with Gasteiger partial charge in [0, 0.05) is 18.8 Å². The van der Waals surface area contributed by atoms with E-state index < -0.39 is 8.32 Å². The molecule has 2 aromatic carbocycles. The molecule has 0 spiro atoms. The first-order valence-corrected chi connectivity index (χ1v) is 18.4. The summed E-state index contributed by atoms with van der Waals surface area (Å²) in [6, 6.07) is 20.0. The first-order valence-electron chi connectivity index (χ1n) is 14.3. The lowest BCUT2D eigenvalue weighted by Gasteiger charge is -2.33. The Morgan fingerprint density at radius 3 is 2.02 bits per heavy atom. The molecule has 0 bridgehead atoms. The predicted octanol–water partition coefficient (Wildman–Crippen LogP) is 10.8. The molecule has 0 amide bonds. The second kappa shape index (κ2) is 14.8. The van der Waals surface area contributed by atoms with Crippen molar-refractivity contribution in [2.75, 3.05) is 31.2 Å². The minimum absolute atomic E-state index is 0.547. The van der Waals surface area contributed by atoms with Gasteiger partial charge in [-0.1, -0.05) is 50.4 Å². The van der Waals surface area contributed by atoms with Gasteiger partial charge in [-0.15, -0.1) is 20.5 Å². The number of anilines is 1. The Labute approximate surface area is 252 Å². The molecule has 218 valence electrons. The molecule has 0 aliphatic heterocycles. The number of nitrogens with zero attached hydrogens (tertiary/aromatic N) is 6. The molecule has 4 aromatic rings. The summed E-state index contributed by atoms with van der Waals surface area (Å²) in [7, 11) is -1.67. The van der Waals surface area contributed by atoms with E-state index >= 15 is 0 Å². The van der Waals surface area contributed by atoms with Gasteiger partial charge in [-0.2, -0.15) is 0 Å². The molecule has 2 heterocycles. The van der Waals surface area contributed by atoms with Gasteiger partial charge in [-0.05, 0) is 86.1 Å². The van der Waals surface area contributed by atoms with E-state index in [9.17, 15) is 0 Å². The molecule has 0 atom stereocenters. The van der Waals surface area contributed by atoms with E-state index in [0.717, 1.165) is 56.8 Å². The molecule has 0 unspecified atom stereocenters. The summed E-state index contributed by atoms with van der Waals surface area (Å²) in [6.45, 7) is 16.5. The van der Waals surface area contributed by atoms with Crippen LogP contribution in [0.1, 0.15) is 41.5 Å². The fourth-order valence-corrected chi connectivity index (χ4v) is 9.99. The second-order valence-corrected chi connectivity index (χ2v) is 17.0. The van der Waals surface area contributed by atoms with E-state index in [1.54, 1.807) is 0 Å². The third-order valence-electron chi connectivity index (χ3n) is 7.39. The molecule has 8 nitrogen and oxygen atoms in total. The normalized spacial score (nSPS) is 12.4. The number of rotatable bonds is 15. The number of ether oxygens (including phenoxy) is 1. The number of hydrogen-bond donors (Lipinski definition) is 0. The Hall–Kier alpha value is -2.99. The molecule has 41 heavy (non-hydrogen) atoms. The number of thiophene rings is 1. The van der Waals surface area contributed by atoms with E-state index in [1.807, 2.05) is 42.5 Å². The summed E-state index contributed by atoms with van der Waals surface area (Å²) in [5.74, 6) is 0.805. The van der Waals surface area contributed by atoms with Crippen LogP contribution >= 0.6 is 22.7 Å². The maximum atomic E-state index is 6.36. The largest absolute Gasteiger partial charge is 0.491 e. The van der Waals surface area contributed by atoms with Crippen LogP contribution in [0.15, 0.2) is 75.1 Å². The first-order chi connectivity index (χ1) is 19.9. The lowest BCUT2D eigenvalue weighted by atomic mass is 10.2. The van der Waals surface area contributed by atoms with Gasteiger partial charge in [0.1, 0.15) is 22.2 Å². The lowest BCUT2D eigenvalue weighted by molar-refractivity contribution is 0.205. The summed E-state index contributed by atoms with van der Waals surface area (Å²) >= 11 is 2.99. The van der Waals surface area contributed by atoms with Crippen LogP contribution in [0.5, 0.6) is 5.75 Å². The fraction of sp³-hybridized carbons (Fsp3) is 0.433. The minimum atomic E-state index is -1.67. The number of azo groups is 2. The molecule has 0 radical (unpaired) electrons. The Morgan fingerprint density at radius 1 is 0.805 bits per heavy atom. The molecule has 4 rings (SSSR count). The zero-order valence-corrected chi connectivity index (χ0v) is 27.5. The average molecular weight is 609 g/mol. The topological polar surface area (TPSA) is 84.0 Å². The molecule has 11 heteroatoms. The van der Waals surface area contributed by atoms with Crippen LogP contribution in [0.3, 0.4) is 0 Å². The van der Waals surface area contributed by atoms with Gasteiger partial charge in [-0.3, -0.25) is 0 Å². The van der Waals surface area contributed by atoms with Gasteiger partial charge >= 0.3 is 0 Å². The Morgan fingerprint density at radius 2 is 1.44 bits per heavy atom. The highest BCUT2D eigenvalue weighted by molar-refractivity contribution is 7.30. The number of fused-ring (bicyclic) bond motifs is 1. The highest BCUT2D eigenvalue weighted by atomic mass is 32.1. The number of thiazole rings is 1. The Balaban J connectivity index is 1.28. The Bertz CT molecular complexity index is 1390. The monoisotopic (exact) mass is 608 g/mol. The predicted molar refractivity (Wildman–Crippen MR) is 176 cm³/mol. The van der Waals surface area contributed by atoms with Crippen molar-refractivity contribution in [1.29, 1.82) is 0 Å². The quantitative estimate of drug-likeness (QED) is 0.0763. The molecular formula is C30H40N6O2S2Si. The molecule has 0 saturated heterocycles. The highest BCUT2D eigenvalue weighted by Crippen LogP contribution is 2.39.